The number of carbonyl (C=O) groups excluding carboxylic acids is 1. The Balaban J connectivity index is 2.14. The molecular weight excluding hydrogens is 300 g/mol. The lowest BCUT2D eigenvalue weighted by Gasteiger charge is -2.20. The van der Waals surface area contributed by atoms with E-state index >= 15 is 0 Å². The molecule has 0 saturated carbocycles. The fourth-order valence-corrected chi connectivity index (χ4v) is 2.22. The van der Waals surface area contributed by atoms with Gasteiger partial charge in [0.15, 0.2) is 0 Å². The zero-order chi connectivity index (χ0) is 15.9. The predicted molar refractivity (Wildman–Crippen MR) is 87.3 cm³/mol. The molecule has 1 amide bonds. The summed E-state index contributed by atoms with van der Waals surface area (Å²) < 4.78 is 5.79. The number of nitrogens with zero attached hydrogens (tertiary/aromatic N) is 2. The molecule has 0 N–H and O–H groups in total. The second-order valence-corrected chi connectivity index (χ2v) is 5.14. The highest BCUT2D eigenvalue weighted by Gasteiger charge is 2.17. The van der Waals surface area contributed by atoms with Crippen LogP contribution in [-0.4, -0.2) is 28.9 Å². The van der Waals surface area contributed by atoms with E-state index < -0.39 is 0 Å². The van der Waals surface area contributed by atoms with Crippen LogP contribution >= 0.6 is 11.6 Å². The summed E-state index contributed by atoms with van der Waals surface area (Å²) in [5.74, 6) is 0.559. The summed E-state index contributed by atoms with van der Waals surface area (Å²) in [6, 6.07) is 10.9. The van der Waals surface area contributed by atoms with E-state index in [0.29, 0.717) is 36.2 Å². The average molecular weight is 319 g/mol. The summed E-state index contributed by atoms with van der Waals surface area (Å²) in [5, 5.41) is 0.445. The van der Waals surface area contributed by atoms with Gasteiger partial charge in [-0.3, -0.25) is 4.79 Å². The number of amides is 1. The number of aromatic nitrogens is 1. The molecule has 22 heavy (non-hydrogen) atoms. The number of hydrogen-bond donors (Lipinski definition) is 0. The molecule has 0 bridgehead atoms. The molecule has 2 rings (SSSR count). The molecule has 2 aromatic rings. The molecule has 0 aliphatic carbocycles. The Morgan fingerprint density at radius 2 is 1.91 bits per heavy atom. The molecule has 1 heterocycles. The van der Waals surface area contributed by atoms with E-state index in [1.165, 1.54) is 0 Å². The summed E-state index contributed by atoms with van der Waals surface area (Å²) in [5.41, 5.74) is 1.47. The third-order valence-corrected chi connectivity index (χ3v) is 3.57. The van der Waals surface area contributed by atoms with E-state index in [1.807, 2.05) is 32.0 Å². The lowest BCUT2D eigenvalue weighted by molar-refractivity contribution is 0.0768. The van der Waals surface area contributed by atoms with Crippen LogP contribution in [0.15, 0.2) is 42.6 Å². The van der Waals surface area contributed by atoms with E-state index in [0.717, 1.165) is 5.56 Å². The van der Waals surface area contributed by atoms with Gasteiger partial charge in [-0.1, -0.05) is 29.8 Å². The normalized spacial score (nSPS) is 10.3. The maximum atomic E-state index is 12.5. The van der Waals surface area contributed by atoms with Crippen molar-refractivity contribution in [3.63, 3.8) is 0 Å². The van der Waals surface area contributed by atoms with Crippen molar-refractivity contribution in [3.8, 4) is 5.75 Å². The van der Waals surface area contributed by atoms with Gasteiger partial charge in [0.1, 0.15) is 17.5 Å². The number of rotatable bonds is 6. The van der Waals surface area contributed by atoms with Crippen LogP contribution in [0.4, 0.5) is 0 Å². The SMILES string of the molecule is CCN(CC)C(=O)c1ccccc1OCc1ccc(Cl)nc1. The van der Waals surface area contributed by atoms with Gasteiger partial charge in [0.2, 0.25) is 0 Å². The zero-order valence-electron chi connectivity index (χ0n) is 12.8. The van der Waals surface area contributed by atoms with E-state index in [4.69, 9.17) is 16.3 Å². The molecule has 0 fully saturated rings. The summed E-state index contributed by atoms with van der Waals surface area (Å²) in [7, 11) is 0. The van der Waals surface area contributed by atoms with Gasteiger partial charge in [-0.25, -0.2) is 4.98 Å². The van der Waals surface area contributed by atoms with Crippen LogP contribution in [0.3, 0.4) is 0 Å². The van der Waals surface area contributed by atoms with Crippen LogP contribution in [-0.2, 0) is 6.61 Å². The maximum Gasteiger partial charge on any atom is 0.257 e. The highest BCUT2D eigenvalue weighted by molar-refractivity contribution is 6.29. The molecule has 0 atom stereocenters. The molecule has 0 unspecified atom stereocenters. The molecular formula is C17H19ClN2O2. The molecule has 0 aliphatic rings. The number of halogens is 1. The summed E-state index contributed by atoms with van der Waals surface area (Å²) in [4.78, 5) is 18.3. The molecule has 0 spiro atoms. The smallest absolute Gasteiger partial charge is 0.257 e. The highest BCUT2D eigenvalue weighted by Crippen LogP contribution is 2.21. The lowest BCUT2D eigenvalue weighted by Crippen LogP contribution is -2.30. The third kappa shape index (κ3) is 3.98. The monoisotopic (exact) mass is 318 g/mol. The first kappa shape index (κ1) is 16.3. The predicted octanol–water partition coefficient (Wildman–Crippen LogP) is 3.80. The van der Waals surface area contributed by atoms with E-state index in [2.05, 4.69) is 4.98 Å². The number of ether oxygens (including phenoxy) is 1. The van der Waals surface area contributed by atoms with Crippen molar-refractivity contribution in [1.82, 2.24) is 9.88 Å². The quantitative estimate of drug-likeness (QED) is 0.761. The Hall–Kier alpha value is -2.07. The molecule has 116 valence electrons. The van der Waals surface area contributed by atoms with E-state index in [-0.39, 0.29) is 5.91 Å². The van der Waals surface area contributed by atoms with Crippen molar-refractivity contribution in [3.05, 3.63) is 58.9 Å². The number of benzene rings is 1. The van der Waals surface area contributed by atoms with Gasteiger partial charge in [0.25, 0.3) is 5.91 Å². The number of carbonyl (C=O) groups is 1. The second kappa shape index (κ2) is 7.80. The summed E-state index contributed by atoms with van der Waals surface area (Å²) in [6.07, 6.45) is 1.66. The van der Waals surface area contributed by atoms with Crippen LogP contribution in [0, 0.1) is 0 Å². The molecule has 0 aliphatic heterocycles. The van der Waals surface area contributed by atoms with Gasteiger partial charge in [-0.15, -0.1) is 0 Å². The Kier molecular flexibility index (Phi) is 5.78. The molecule has 0 radical (unpaired) electrons. The topological polar surface area (TPSA) is 42.4 Å². The molecule has 1 aromatic heterocycles. The third-order valence-electron chi connectivity index (χ3n) is 3.35. The molecule has 5 heteroatoms. The average Bonchev–Trinajstić information content (AvgIpc) is 2.55. The van der Waals surface area contributed by atoms with Crippen LogP contribution in [0.25, 0.3) is 0 Å². The minimum atomic E-state index is -0.0187. The number of hydrogen-bond acceptors (Lipinski definition) is 3. The van der Waals surface area contributed by atoms with Gasteiger partial charge < -0.3 is 9.64 Å². The Morgan fingerprint density at radius 3 is 2.55 bits per heavy atom. The summed E-state index contributed by atoms with van der Waals surface area (Å²) in [6.45, 7) is 5.61. The fourth-order valence-electron chi connectivity index (χ4n) is 2.10. The van der Waals surface area contributed by atoms with Gasteiger partial charge in [0, 0.05) is 24.8 Å². The van der Waals surface area contributed by atoms with Crippen molar-refractivity contribution in [2.45, 2.75) is 20.5 Å². The van der Waals surface area contributed by atoms with Crippen molar-refractivity contribution < 1.29 is 9.53 Å². The minimum Gasteiger partial charge on any atom is -0.488 e. The van der Waals surface area contributed by atoms with E-state index in [9.17, 15) is 4.79 Å². The Labute approximate surface area is 135 Å². The first-order chi connectivity index (χ1) is 10.7. The summed E-state index contributed by atoms with van der Waals surface area (Å²) >= 11 is 5.76. The van der Waals surface area contributed by atoms with E-state index in [1.54, 1.807) is 29.3 Å². The van der Waals surface area contributed by atoms with Gasteiger partial charge in [0.05, 0.1) is 5.56 Å². The molecule has 0 saturated heterocycles. The highest BCUT2D eigenvalue weighted by atomic mass is 35.5. The first-order valence-corrected chi connectivity index (χ1v) is 7.65. The van der Waals surface area contributed by atoms with Crippen LogP contribution < -0.4 is 4.74 Å². The van der Waals surface area contributed by atoms with Gasteiger partial charge in [-0.2, -0.15) is 0 Å². The molecule has 1 aromatic carbocycles. The van der Waals surface area contributed by atoms with Crippen molar-refractivity contribution in [2.24, 2.45) is 0 Å². The lowest BCUT2D eigenvalue weighted by atomic mass is 10.1. The Bertz CT molecular complexity index is 625. The van der Waals surface area contributed by atoms with Crippen LogP contribution in [0.5, 0.6) is 5.75 Å². The first-order valence-electron chi connectivity index (χ1n) is 7.27. The standard InChI is InChI=1S/C17H19ClN2O2/c1-3-20(4-2)17(21)14-7-5-6-8-15(14)22-12-13-9-10-16(18)19-11-13/h5-11H,3-4,12H2,1-2H3. The van der Waals surface area contributed by atoms with Crippen molar-refractivity contribution in [2.75, 3.05) is 13.1 Å². The maximum absolute atomic E-state index is 12.5. The van der Waals surface area contributed by atoms with Gasteiger partial charge >= 0.3 is 0 Å². The van der Waals surface area contributed by atoms with Crippen molar-refractivity contribution >= 4 is 17.5 Å². The van der Waals surface area contributed by atoms with Crippen LogP contribution in [0.2, 0.25) is 5.15 Å². The number of para-hydroxylation sites is 1. The fraction of sp³-hybridized carbons (Fsp3) is 0.294. The largest absolute Gasteiger partial charge is 0.488 e. The minimum absolute atomic E-state index is 0.0187. The Morgan fingerprint density at radius 1 is 1.18 bits per heavy atom. The number of pyridine rings is 1. The zero-order valence-corrected chi connectivity index (χ0v) is 13.5. The van der Waals surface area contributed by atoms with Gasteiger partial charge in [-0.05, 0) is 32.0 Å². The van der Waals surface area contributed by atoms with Crippen molar-refractivity contribution in [1.29, 1.82) is 0 Å². The van der Waals surface area contributed by atoms with Crippen LogP contribution in [0.1, 0.15) is 29.8 Å². The molecule has 4 nitrogen and oxygen atoms in total. The second-order valence-electron chi connectivity index (χ2n) is 4.75.